The molecule has 4 rings (SSSR count). The van der Waals surface area contributed by atoms with Crippen molar-refractivity contribution in [3.63, 3.8) is 0 Å². The number of nitrogens with one attached hydrogen (secondary N) is 2. The Balaban J connectivity index is 1.47. The molecule has 39 heavy (non-hydrogen) atoms. The highest BCUT2D eigenvalue weighted by Gasteiger charge is 2.32. The fourth-order valence-electron chi connectivity index (χ4n) is 4.54. The number of carbonyl (C=O) groups is 2. The lowest BCUT2D eigenvalue weighted by Gasteiger charge is -2.36. The average Bonchev–Trinajstić information content (AvgIpc) is 2.93. The number of carbonyl (C=O) groups excluding carboxylic acids is 2. The van der Waals surface area contributed by atoms with Crippen LogP contribution in [0, 0.1) is 0 Å². The summed E-state index contributed by atoms with van der Waals surface area (Å²) in [6, 6.07) is 13.5. The van der Waals surface area contributed by atoms with Crippen LogP contribution in [0.5, 0.6) is 6.01 Å². The van der Waals surface area contributed by atoms with Gasteiger partial charge in [-0.05, 0) is 64.2 Å². The molecule has 3 amide bonds. The van der Waals surface area contributed by atoms with E-state index in [1.54, 1.807) is 23.5 Å². The number of ether oxygens (including phenoxy) is 2. The molecule has 2 aromatic heterocycles. The Bertz CT molecular complexity index is 1220. The molecule has 1 fully saturated rings. The summed E-state index contributed by atoms with van der Waals surface area (Å²) in [5, 5.41) is 6.01. The summed E-state index contributed by atoms with van der Waals surface area (Å²) in [5.74, 6) is 0.558. The molecule has 1 saturated carbocycles. The van der Waals surface area contributed by atoms with Gasteiger partial charge in [-0.15, -0.1) is 0 Å². The second kappa shape index (κ2) is 12.6. The Labute approximate surface area is 229 Å². The van der Waals surface area contributed by atoms with Gasteiger partial charge in [-0.1, -0.05) is 30.3 Å². The first kappa shape index (κ1) is 27.8. The number of hydrogen-bond donors (Lipinski definition) is 2. The summed E-state index contributed by atoms with van der Waals surface area (Å²) in [6.07, 6.45) is 7.54. The number of anilines is 1. The SMILES string of the molecule is COc1ncc(-c2ccc(N(C(=O)NCc3ccccc3)C3CCC(NC(=O)OC(C)(C)C)CC3)nc2)cn1. The fraction of sp³-hybridized carbons (Fsp3) is 0.414. The Morgan fingerprint density at radius 1 is 0.923 bits per heavy atom. The summed E-state index contributed by atoms with van der Waals surface area (Å²) in [4.78, 5) is 40.5. The summed E-state index contributed by atoms with van der Waals surface area (Å²) in [6.45, 7) is 5.94. The maximum Gasteiger partial charge on any atom is 0.407 e. The topological polar surface area (TPSA) is 119 Å². The van der Waals surface area contributed by atoms with Gasteiger partial charge in [0, 0.05) is 48.3 Å². The van der Waals surface area contributed by atoms with E-state index in [-0.39, 0.29) is 18.1 Å². The minimum absolute atomic E-state index is 0.00395. The summed E-state index contributed by atoms with van der Waals surface area (Å²) in [7, 11) is 1.52. The molecule has 3 aromatic rings. The van der Waals surface area contributed by atoms with Crippen molar-refractivity contribution in [1.82, 2.24) is 25.6 Å². The van der Waals surface area contributed by atoms with E-state index >= 15 is 0 Å². The lowest BCUT2D eigenvalue weighted by atomic mass is 9.90. The monoisotopic (exact) mass is 532 g/mol. The van der Waals surface area contributed by atoms with Gasteiger partial charge in [0.05, 0.1) is 7.11 Å². The van der Waals surface area contributed by atoms with Gasteiger partial charge < -0.3 is 20.1 Å². The van der Waals surface area contributed by atoms with Crippen LogP contribution in [0.15, 0.2) is 61.1 Å². The molecule has 0 aliphatic heterocycles. The second-order valence-corrected chi connectivity index (χ2v) is 10.5. The van der Waals surface area contributed by atoms with Crippen molar-refractivity contribution in [2.75, 3.05) is 12.0 Å². The number of pyridine rings is 1. The highest BCUT2D eigenvalue weighted by molar-refractivity contribution is 5.91. The zero-order valence-electron chi connectivity index (χ0n) is 22.9. The lowest BCUT2D eigenvalue weighted by molar-refractivity contribution is 0.0491. The summed E-state index contributed by atoms with van der Waals surface area (Å²) in [5.41, 5.74) is 2.09. The van der Waals surface area contributed by atoms with Crippen LogP contribution in [0.3, 0.4) is 0 Å². The van der Waals surface area contributed by atoms with Gasteiger partial charge in [0.1, 0.15) is 11.4 Å². The zero-order chi connectivity index (χ0) is 27.8. The predicted molar refractivity (Wildman–Crippen MR) is 148 cm³/mol. The van der Waals surface area contributed by atoms with Crippen LogP contribution in [-0.4, -0.2) is 51.9 Å². The number of nitrogens with zero attached hydrogens (tertiary/aromatic N) is 4. The molecule has 10 nitrogen and oxygen atoms in total. The number of aromatic nitrogens is 3. The molecule has 1 aliphatic rings. The number of alkyl carbamates (subject to hydrolysis) is 1. The van der Waals surface area contributed by atoms with Crippen LogP contribution >= 0.6 is 0 Å². The zero-order valence-corrected chi connectivity index (χ0v) is 22.9. The number of methoxy groups -OCH3 is 1. The van der Waals surface area contributed by atoms with Gasteiger partial charge in [-0.2, -0.15) is 0 Å². The molecule has 2 heterocycles. The van der Waals surface area contributed by atoms with Crippen LogP contribution in [0.2, 0.25) is 0 Å². The number of benzene rings is 1. The number of hydrogen-bond acceptors (Lipinski definition) is 7. The second-order valence-electron chi connectivity index (χ2n) is 10.5. The van der Waals surface area contributed by atoms with Gasteiger partial charge in [0.25, 0.3) is 0 Å². The quantitative estimate of drug-likeness (QED) is 0.435. The van der Waals surface area contributed by atoms with Gasteiger partial charge in [-0.25, -0.2) is 24.5 Å². The molecule has 0 bridgehead atoms. The molecular weight excluding hydrogens is 496 g/mol. The first-order valence-corrected chi connectivity index (χ1v) is 13.1. The van der Waals surface area contributed by atoms with Crippen LogP contribution in [0.25, 0.3) is 11.1 Å². The molecule has 0 saturated heterocycles. The van der Waals surface area contributed by atoms with Crippen LogP contribution in [0.4, 0.5) is 15.4 Å². The average molecular weight is 533 g/mol. The van der Waals surface area contributed by atoms with Gasteiger partial charge >= 0.3 is 18.1 Å². The third-order valence-electron chi connectivity index (χ3n) is 6.43. The smallest absolute Gasteiger partial charge is 0.407 e. The van der Waals surface area contributed by atoms with E-state index < -0.39 is 11.7 Å². The van der Waals surface area contributed by atoms with E-state index in [1.807, 2.05) is 63.2 Å². The van der Waals surface area contributed by atoms with E-state index in [4.69, 9.17) is 9.47 Å². The van der Waals surface area contributed by atoms with Crippen molar-refractivity contribution in [1.29, 1.82) is 0 Å². The van der Waals surface area contributed by atoms with Crippen molar-refractivity contribution in [3.05, 3.63) is 66.6 Å². The Morgan fingerprint density at radius 3 is 2.18 bits per heavy atom. The minimum Gasteiger partial charge on any atom is -0.467 e. The first-order valence-electron chi connectivity index (χ1n) is 13.1. The summed E-state index contributed by atoms with van der Waals surface area (Å²) >= 11 is 0. The molecule has 10 heteroatoms. The van der Waals surface area contributed by atoms with Crippen molar-refractivity contribution < 1.29 is 19.1 Å². The van der Waals surface area contributed by atoms with Gasteiger partial charge in [0.15, 0.2) is 0 Å². The Kier molecular flexibility index (Phi) is 8.96. The largest absolute Gasteiger partial charge is 0.467 e. The minimum atomic E-state index is -0.551. The van der Waals surface area contributed by atoms with Crippen molar-refractivity contribution in [3.8, 4) is 17.1 Å². The third-order valence-corrected chi connectivity index (χ3v) is 6.43. The van der Waals surface area contributed by atoms with E-state index in [2.05, 4.69) is 25.6 Å². The highest BCUT2D eigenvalue weighted by Crippen LogP contribution is 2.29. The summed E-state index contributed by atoms with van der Waals surface area (Å²) < 4.78 is 10.4. The maximum atomic E-state index is 13.5. The first-order chi connectivity index (χ1) is 18.7. The normalized spacial score (nSPS) is 17.1. The Morgan fingerprint density at radius 2 is 1.59 bits per heavy atom. The van der Waals surface area contributed by atoms with Crippen molar-refractivity contribution in [2.24, 2.45) is 0 Å². The number of amides is 3. The lowest BCUT2D eigenvalue weighted by Crippen LogP contribution is -2.50. The van der Waals surface area contributed by atoms with Gasteiger partial charge in [-0.3, -0.25) is 4.90 Å². The van der Waals surface area contributed by atoms with E-state index in [1.165, 1.54) is 7.11 Å². The number of rotatable bonds is 7. The predicted octanol–water partition coefficient (Wildman–Crippen LogP) is 5.10. The molecule has 206 valence electrons. The molecule has 0 atom stereocenters. The van der Waals surface area contributed by atoms with Crippen LogP contribution in [-0.2, 0) is 11.3 Å². The standard InChI is InChI=1S/C29H36N6O4/c1-29(2,3)39-28(37)34-23-11-13-24(14-12-23)35(27(36)33-16-20-8-6-5-7-9-20)25-15-10-21(17-30-25)22-18-31-26(38-4)32-19-22/h5-10,15,17-19,23-24H,11-14,16H2,1-4H3,(H,33,36)(H,34,37). The van der Waals surface area contributed by atoms with Crippen molar-refractivity contribution >= 4 is 17.9 Å². The van der Waals surface area contributed by atoms with Gasteiger partial charge in [0.2, 0.25) is 0 Å². The van der Waals surface area contributed by atoms with E-state index in [0.29, 0.717) is 18.4 Å². The van der Waals surface area contributed by atoms with Crippen molar-refractivity contribution in [2.45, 2.75) is 70.7 Å². The third kappa shape index (κ3) is 7.89. The van der Waals surface area contributed by atoms with Crippen LogP contribution < -0.4 is 20.3 Å². The molecule has 0 unspecified atom stereocenters. The van der Waals surface area contributed by atoms with E-state index in [9.17, 15) is 9.59 Å². The van der Waals surface area contributed by atoms with Crippen LogP contribution in [0.1, 0.15) is 52.0 Å². The Hall–Kier alpha value is -4.21. The molecule has 0 radical (unpaired) electrons. The molecular formula is C29H36N6O4. The molecule has 2 N–H and O–H groups in total. The van der Waals surface area contributed by atoms with E-state index in [0.717, 1.165) is 42.4 Å². The number of urea groups is 1. The molecule has 1 aromatic carbocycles. The molecule has 0 spiro atoms. The molecule has 1 aliphatic carbocycles. The highest BCUT2D eigenvalue weighted by atomic mass is 16.6. The fourth-order valence-corrected chi connectivity index (χ4v) is 4.54. The maximum absolute atomic E-state index is 13.5.